The van der Waals surface area contributed by atoms with E-state index in [2.05, 4.69) is 32.0 Å². The summed E-state index contributed by atoms with van der Waals surface area (Å²) in [6, 6.07) is 0.778. The molecule has 3 atom stereocenters. The first kappa shape index (κ1) is 13.3. The van der Waals surface area contributed by atoms with Crippen molar-refractivity contribution in [1.82, 2.24) is 25.1 Å². The Labute approximate surface area is 124 Å². The molecular formula is C15H23N5O. The molecule has 1 amide bonds. The maximum Gasteiger partial charge on any atom is 0.240 e. The van der Waals surface area contributed by atoms with Crippen LogP contribution in [0.3, 0.4) is 0 Å². The molecular weight excluding hydrogens is 266 g/mol. The minimum atomic E-state index is -0.115. The summed E-state index contributed by atoms with van der Waals surface area (Å²) in [6.07, 6.45) is 4.93. The van der Waals surface area contributed by atoms with E-state index in [0.29, 0.717) is 25.0 Å². The monoisotopic (exact) mass is 289 g/mol. The van der Waals surface area contributed by atoms with E-state index in [9.17, 15) is 4.79 Å². The number of H-pyrrole nitrogens is 1. The van der Waals surface area contributed by atoms with Gasteiger partial charge in [-0.1, -0.05) is 0 Å². The quantitative estimate of drug-likeness (QED) is 0.771. The molecule has 2 saturated heterocycles. The van der Waals surface area contributed by atoms with Crippen molar-refractivity contribution < 1.29 is 4.79 Å². The third kappa shape index (κ3) is 2.26. The molecule has 3 aliphatic rings. The highest BCUT2D eigenvalue weighted by molar-refractivity contribution is 5.83. The zero-order valence-electron chi connectivity index (χ0n) is 12.5. The number of aromatic amines is 1. The Balaban J connectivity index is 1.47. The van der Waals surface area contributed by atoms with Crippen LogP contribution in [0.25, 0.3) is 0 Å². The van der Waals surface area contributed by atoms with E-state index in [-0.39, 0.29) is 11.9 Å². The number of amides is 1. The van der Waals surface area contributed by atoms with Crippen molar-refractivity contribution in [3.63, 3.8) is 0 Å². The van der Waals surface area contributed by atoms with Crippen LogP contribution in [-0.4, -0.2) is 63.4 Å². The third-order valence-corrected chi connectivity index (χ3v) is 5.25. The van der Waals surface area contributed by atoms with Crippen LogP contribution >= 0.6 is 0 Å². The molecule has 0 radical (unpaired) electrons. The van der Waals surface area contributed by atoms with Crippen LogP contribution in [-0.2, 0) is 17.8 Å². The molecule has 6 heteroatoms. The molecule has 6 nitrogen and oxygen atoms in total. The number of carbonyl (C=O) groups is 1. The lowest BCUT2D eigenvalue weighted by Gasteiger charge is -2.43. The first-order chi connectivity index (χ1) is 10.2. The van der Waals surface area contributed by atoms with E-state index in [0.717, 1.165) is 24.5 Å². The Morgan fingerprint density at radius 2 is 2.33 bits per heavy atom. The van der Waals surface area contributed by atoms with Gasteiger partial charge < -0.3 is 9.88 Å². The molecule has 2 fully saturated rings. The van der Waals surface area contributed by atoms with Crippen molar-refractivity contribution in [2.45, 2.75) is 50.9 Å². The Morgan fingerprint density at radius 1 is 1.43 bits per heavy atom. The number of piperazine rings is 1. The van der Waals surface area contributed by atoms with Gasteiger partial charge in [-0.3, -0.25) is 15.0 Å². The van der Waals surface area contributed by atoms with Gasteiger partial charge in [0.05, 0.1) is 23.8 Å². The summed E-state index contributed by atoms with van der Waals surface area (Å²) in [4.78, 5) is 25.0. The Kier molecular flexibility index (Phi) is 3.23. The number of hydrogen-bond acceptors (Lipinski definition) is 4. The van der Waals surface area contributed by atoms with Gasteiger partial charge in [0.25, 0.3) is 0 Å². The van der Waals surface area contributed by atoms with E-state index >= 15 is 0 Å². The third-order valence-electron chi connectivity index (χ3n) is 5.25. The summed E-state index contributed by atoms with van der Waals surface area (Å²) in [5.41, 5.74) is 2.16. The van der Waals surface area contributed by atoms with Gasteiger partial charge in [-0.15, -0.1) is 0 Å². The summed E-state index contributed by atoms with van der Waals surface area (Å²) in [6.45, 7) is 6.01. The first-order valence-corrected chi connectivity index (χ1v) is 8.01. The molecule has 0 spiro atoms. The summed E-state index contributed by atoms with van der Waals surface area (Å²) in [7, 11) is 0. The van der Waals surface area contributed by atoms with Crippen LogP contribution in [0.15, 0.2) is 6.33 Å². The first-order valence-electron chi connectivity index (χ1n) is 8.01. The van der Waals surface area contributed by atoms with Crippen LogP contribution in [0.4, 0.5) is 0 Å². The molecule has 4 rings (SSSR count). The molecule has 0 bridgehead atoms. The number of imidazole rings is 1. The number of nitrogens with zero attached hydrogens (tertiary/aromatic N) is 3. The lowest BCUT2D eigenvalue weighted by atomic mass is 10.0. The average Bonchev–Trinajstić information content (AvgIpc) is 3.12. The standard InChI is InChI=1S/C15H23N5O/c1-10-7-19-4-2-3-11(19)8-20(10)15(21)13-5-12-14(6-16-13)18-9-17-12/h9-11,13,16H,2-8H2,1H3,(H,17,18). The van der Waals surface area contributed by atoms with Crippen molar-refractivity contribution in [3.05, 3.63) is 17.7 Å². The normalized spacial score (nSPS) is 32.8. The topological polar surface area (TPSA) is 64.3 Å². The predicted octanol–water partition coefficient (Wildman–Crippen LogP) is 0.119. The number of rotatable bonds is 1. The summed E-state index contributed by atoms with van der Waals surface area (Å²) >= 11 is 0. The highest BCUT2D eigenvalue weighted by atomic mass is 16.2. The minimum absolute atomic E-state index is 0.115. The highest BCUT2D eigenvalue weighted by Gasteiger charge is 2.39. The van der Waals surface area contributed by atoms with E-state index in [4.69, 9.17) is 0 Å². The SMILES string of the molecule is CC1CN2CCCC2CN1C(=O)C1Cc2nc[nH]c2CN1. The van der Waals surface area contributed by atoms with E-state index < -0.39 is 0 Å². The lowest BCUT2D eigenvalue weighted by Crippen LogP contribution is -2.61. The molecule has 0 aliphatic carbocycles. The van der Waals surface area contributed by atoms with Crippen molar-refractivity contribution in [2.75, 3.05) is 19.6 Å². The zero-order chi connectivity index (χ0) is 14.4. The van der Waals surface area contributed by atoms with Crippen LogP contribution in [0, 0.1) is 0 Å². The van der Waals surface area contributed by atoms with Crippen molar-refractivity contribution in [3.8, 4) is 0 Å². The second kappa shape index (κ2) is 5.10. The molecule has 0 saturated carbocycles. The van der Waals surface area contributed by atoms with Gasteiger partial charge in [-0.2, -0.15) is 0 Å². The summed E-state index contributed by atoms with van der Waals surface area (Å²) in [5.74, 6) is 0.253. The maximum absolute atomic E-state index is 12.9. The number of fused-ring (bicyclic) bond motifs is 2. The number of carbonyl (C=O) groups excluding carboxylic acids is 1. The summed E-state index contributed by atoms with van der Waals surface area (Å²) in [5, 5.41) is 3.36. The second-order valence-corrected chi connectivity index (χ2v) is 6.60. The van der Waals surface area contributed by atoms with Gasteiger partial charge in [0.2, 0.25) is 5.91 Å². The van der Waals surface area contributed by atoms with Gasteiger partial charge in [0.15, 0.2) is 0 Å². The van der Waals surface area contributed by atoms with Gasteiger partial charge in [-0.25, -0.2) is 4.98 Å². The summed E-state index contributed by atoms with van der Waals surface area (Å²) < 4.78 is 0. The molecule has 0 aromatic carbocycles. The van der Waals surface area contributed by atoms with Crippen molar-refractivity contribution in [2.24, 2.45) is 0 Å². The van der Waals surface area contributed by atoms with Gasteiger partial charge in [0.1, 0.15) is 0 Å². The fourth-order valence-corrected chi connectivity index (χ4v) is 4.04. The fraction of sp³-hybridized carbons (Fsp3) is 0.733. The molecule has 4 heterocycles. The minimum Gasteiger partial charge on any atom is -0.347 e. The number of hydrogen-bond donors (Lipinski definition) is 2. The van der Waals surface area contributed by atoms with Crippen LogP contribution in [0.1, 0.15) is 31.2 Å². The predicted molar refractivity (Wildman–Crippen MR) is 78.7 cm³/mol. The fourth-order valence-electron chi connectivity index (χ4n) is 4.04. The Morgan fingerprint density at radius 3 is 3.24 bits per heavy atom. The smallest absolute Gasteiger partial charge is 0.240 e. The molecule has 1 aromatic rings. The Bertz CT molecular complexity index is 542. The maximum atomic E-state index is 12.9. The molecule has 3 unspecified atom stereocenters. The van der Waals surface area contributed by atoms with E-state index in [1.165, 1.54) is 19.4 Å². The molecule has 1 aromatic heterocycles. The molecule has 3 aliphatic heterocycles. The van der Waals surface area contributed by atoms with Crippen LogP contribution in [0.5, 0.6) is 0 Å². The number of nitrogens with one attached hydrogen (secondary N) is 2. The highest BCUT2D eigenvalue weighted by Crippen LogP contribution is 2.25. The zero-order valence-corrected chi connectivity index (χ0v) is 12.5. The molecule has 114 valence electrons. The Hall–Kier alpha value is -1.40. The number of aromatic nitrogens is 2. The second-order valence-electron chi connectivity index (χ2n) is 6.60. The van der Waals surface area contributed by atoms with Gasteiger partial charge >= 0.3 is 0 Å². The largest absolute Gasteiger partial charge is 0.347 e. The van der Waals surface area contributed by atoms with Crippen LogP contribution in [0.2, 0.25) is 0 Å². The van der Waals surface area contributed by atoms with Crippen molar-refractivity contribution in [1.29, 1.82) is 0 Å². The van der Waals surface area contributed by atoms with Gasteiger partial charge in [0, 0.05) is 38.1 Å². The van der Waals surface area contributed by atoms with Gasteiger partial charge in [-0.05, 0) is 26.3 Å². The lowest BCUT2D eigenvalue weighted by molar-refractivity contribution is -0.139. The average molecular weight is 289 g/mol. The molecule has 21 heavy (non-hydrogen) atoms. The molecule has 2 N–H and O–H groups in total. The van der Waals surface area contributed by atoms with E-state index in [1.54, 1.807) is 6.33 Å². The van der Waals surface area contributed by atoms with E-state index in [1.807, 2.05) is 0 Å². The van der Waals surface area contributed by atoms with Crippen LogP contribution < -0.4 is 5.32 Å². The van der Waals surface area contributed by atoms with Crippen molar-refractivity contribution >= 4 is 5.91 Å².